The van der Waals surface area contributed by atoms with E-state index >= 15 is 0 Å². The van der Waals surface area contributed by atoms with Crippen LogP contribution in [0.4, 0.5) is 0 Å². The molecule has 0 radical (unpaired) electrons. The molecule has 0 aromatic heterocycles. The number of rotatable bonds is 2. The summed E-state index contributed by atoms with van der Waals surface area (Å²) in [4.78, 5) is 28.8. The molecule has 4 nitrogen and oxygen atoms in total. The summed E-state index contributed by atoms with van der Waals surface area (Å²) in [5.74, 6) is 0.967. The third-order valence-electron chi connectivity index (χ3n) is 5.24. The van der Waals surface area contributed by atoms with E-state index in [1.54, 1.807) is 0 Å². The number of carbonyl (C=O) groups is 2. The largest absolute Gasteiger partial charge is 0.342 e. The summed E-state index contributed by atoms with van der Waals surface area (Å²) in [5, 5.41) is 0. The number of likely N-dealkylation sites (tertiary alicyclic amines) is 2. The minimum absolute atomic E-state index is 0.0756. The molecule has 0 spiro atoms. The number of hydrogen-bond acceptors (Lipinski definition) is 2. The first-order chi connectivity index (χ1) is 9.65. The third-order valence-corrected chi connectivity index (χ3v) is 5.24. The van der Waals surface area contributed by atoms with Crippen molar-refractivity contribution in [2.75, 3.05) is 19.6 Å². The Kier molecular flexibility index (Phi) is 3.99. The molecular weight excluding hydrogens is 252 g/mol. The fourth-order valence-corrected chi connectivity index (χ4v) is 4.11. The standard InChI is InChI=1S/C16H26N2O2/c1-12-5-4-8-17(10-12)16(20)13-9-15(19)18(11-13)14-6-2-3-7-14/h12-14H,2-11H2,1H3/t12-,13+/m1/s1. The van der Waals surface area contributed by atoms with E-state index in [-0.39, 0.29) is 17.7 Å². The van der Waals surface area contributed by atoms with Crippen molar-refractivity contribution in [2.24, 2.45) is 11.8 Å². The van der Waals surface area contributed by atoms with Gasteiger partial charge in [-0.15, -0.1) is 0 Å². The number of amides is 2. The monoisotopic (exact) mass is 278 g/mol. The van der Waals surface area contributed by atoms with E-state index in [1.165, 1.54) is 19.3 Å². The minimum Gasteiger partial charge on any atom is -0.342 e. The molecule has 2 atom stereocenters. The van der Waals surface area contributed by atoms with Crippen LogP contribution in [0.15, 0.2) is 0 Å². The maximum atomic E-state index is 12.6. The second kappa shape index (κ2) is 5.74. The molecule has 1 aliphatic carbocycles. The van der Waals surface area contributed by atoms with Gasteiger partial charge >= 0.3 is 0 Å². The lowest BCUT2D eigenvalue weighted by molar-refractivity contribution is -0.137. The first-order valence-corrected chi connectivity index (χ1v) is 8.23. The Morgan fingerprint density at radius 2 is 1.85 bits per heavy atom. The molecule has 4 heteroatoms. The smallest absolute Gasteiger partial charge is 0.228 e. The van der Waals surface area contributed by atoms with Crippen molar-refractivity contribution in [3.63, 3.8) is 0 Å². The van der Waals surface area contributed by atoms with E-state index in [1.807, 2.05) is 9.80 Å². The van der Waals surface area contributed by atoms with Gasteiger partial charge in [-0.25, -0.2) is 0 Å². The van der Waals surface area contributed by atoms with E-state index in [0.717, 1.165) is 32.4 Å². The number of hydrogen-bond donors (Lipinski definition) is 0. The molecule has 0 N–H and O–H groups in total. The summed E-state index contributed by atoms with van der Waals surface area (Å²) >= 11 is 0. The second-order valence-corrected chi connectivity index (χ2v) is 6.92. The highest BCUT2D eigenvalue weighted by atomic mass is 16.2. The highest BCUT2D eigenvalue weighted by Gasteiger charge is 2.40. The van der Waals surface area contributed by atoms with E-state index in [9.17, 15) is 9.59 Å². The fraction of sp³-hybridized carbons (Fsp3) is 0.875. The molecule has 0 aromatic rings. The van der Waals surface area contributed by atoms with Gasteiger partial charge in [0.1, 0.15) is 0 Å². The fourth-order valence-electron chi connectivity index (χ4n) is 4.11. The van der Waals surface area contributed by atoms with E-state index in [2.05, 4.69) is 6.92 Å². The van der Waals surface area contributed by atoms with Gasteiger partial charge in [0.25, 0.3) is 0 Å². The Balaban J connectivity index is 1.60. The third kappa shape index (κ3) is 2.70. The van der Waals surface area contributed by atoms with Crippen molar-refractivity contribution in [1.29, 1.82) is 0 Å². The van der Waals surface area contributed by atoms with Crippen molar-refractivity contribution in [3.05, 3.63) is 0 Å². The molecule has 2 amide bonds. The molecule has 112 valence electrons. The van der Waals surface area contributed by atoms with Gasteiger partial charge in [0.05, 0.1) is 5.92 Å². The van der Waals surface area contributed by atoms with E-state index < -0.39 is 0 Å². The topological polar surface area (TPSA) is 40.6 Å². The molecule has 0 aromatic carbocycles. The van der Waals surface area contributed by atoms with E-state index in [4.69, 9.17) is 0 Å². The molecule has 2 heterocycles. The van der Waals surface area contributed by atoms with Crippen molar-refractivity contribution in [2.45, 2.75) is 57.9 Å². The average molecular weight is 278 g/mol. The van der Waals surface area contributed by atoms with Gasteiger partial charge in [-0.3, -0.25) is 9.59 Å². The minimum atomic E-state index is -0.0756. The zero-order valence-corrected chi connectivity index (χ0v) is 12.5. The van der Waals surface area contributed by atoms with Crippen LogP contribution in [0.1, 0.15) is 51.9 Å². The van der Waals surface area contributed by atoms with Gasteiger partial charge in [0, 0.05) is 32.1 Å². The van der Waals surface area contributed by atoms with Crippen LogP contribution < -0.4 is 0 Å². The Labute approximate surface area is 121 Å². The highest BCUT2D eigenvalue weighted by Crippen LogP contribution is 2.30. The van der Waals surface area contributed by atoms with Gasteiger partial charge in [-0.05, 0) is 31.6 Å². The lowest BCUT2D eigenvalue weighted by Gasteiger charge is -2.33. The molecule has 0 unspecified atom stereocenters. The molecule has 2 saturated heterocycles. The SMILES string of the molecule is C[C@@H]1CCCN(C(=O)[C@H]2CC(=O)N(C3CCCC3)C2)C1. The predicted octanol–water partition coefficient (Wildman–Crippen LogP) is 2.04. The summed E-state index contributed by atoms with van der Waals surface area (Å²) in [5.41, 5.74) is 0. The van der Waals surface area contributed by atoms with Gasteiger partial charge < -0.3 is 9.80 Å². The van der Waals surface area contributed by atoms with Crippen molar-refractivity contribution in [3.8, 4) is 0 Å². The Morgan fingerprint density at radius 1 is 1.10 bits per heavy atom. The van der Waals surface area contributed by atoms with Crippen LogP contribution in [0.3, 0.4) is 0 Å². The highest BCUT2D eigenvalue weighted by molar-refractivity contribution is 5.89. The lowest BCUT2D eigenvalue weighted by Crippen LogP contribution is -2.43. The Bertz CT molecular complexity index is 390. The maximum absolute atomic E-state index is 12.6. The van der Waals surface area contributed by atoms with Gasteiger partial charge in [0.2, 0.25) is 11.8 Å². The summed E-state index contributed by atoms with van der Waals surface area (Å²) < 4.78 is 0. The molecule has 3 fully saturated rings. The molecule has 2 aliphatic heterocycles. The van der Waals surface area contributed by atoms with Crippen LogP contribution in [0.25, 0.3) is 0 Å². The number of piperidine rings is 1. The molecule has 3 aliphatic rings. The Hall–Kier alpha value is -1.06. The summed E-state index contributed by atoms with van der Waals surface area (Å²) in [7, 11) is 0. The average Bonchev–Trinajstić information content (AvgIpc) is 3.06. The van der Waals surface area contributed by atoms with Crippen LogP contribution in [-0.4, -0.2) is 47.3 Å². The van der Waals surface area contributed by atoms with Crippen LogP contribution in [0.2, 0.25) is 0 Å². The molecular formula is C16H26N2O2. The molecule has 1 saturated carbocycles. The number of carbonyl (C=O) groups excluding carboxylic acids is 2. The lowest BCUT2D eigenvalue weighted by atomic mass is 9.98. The quantitative estimate of drug-likeness (QED) is 0.775. The second-order valence-electron chi connectivity index (χ2n) is 6.92. The van der Waals surface area contributed by atoms with Gasteiger partial charge in [-0.1, -0.05) is 19.8 Å². The predicted molar refractivity (Wildman–Crippen MR) is 77.1 cm³/mol. The normalized spacial score (nSPS) is 32.1. The van der Waals surface area contributed by atoms with E-state index in [0.29, 0.717) is 24.9 Å². The van der Waals surface area contributed by atoms with Crippen LogP contribution >= 0.6 is 0 Å². The summed E-state index contributed by atoms with van der Waals surface area (Å²) in [6, 6.07) is 0.417. The first-order valence-electron chi connectivity index (χ1n) is 8.23. The van der Waals surface area contributed by atoms with Crippen molar-refractivity contribution < 1.29 is 9.59 Å². The summed E-state index contributed by atoms with van der Waals surface area (Å²) in [6.07, 6.45) is 7.51. The van der Waals surface area contributed by atoms with Gasteiger partial charge in [0.15, 0.2) is 0 Å². The molecule has 0 bridgehead atoms. The molecule has 20 heavy (non-hydrogen) atoms. The zero-order valence-electron chi connectivity index (χ0n) is 12.5. The van der Waals surface area contributed by atoms with Crippen LogP contribution in [-0.2, 0) is 9.59 Å². The number of nitrogens with zero attached hydrogens (tertiary/aromatic N) is 2. The zero-order chi connectivity index (χ0) is 14.1. The van der Waals surface area contributed by atoms with Crippen LogP contribution in [0.5, 0.6) is 0 Å². The first kappa shape index (κ1) is 13.9. The van der Waals surface area contributed by atoms with Gasteiger partial charge in [-0.2, -0.15) is 0 Å². The summed E-state index contributed by atoms with van der Waals surface area (Å²) in [6.45, 7) is 4.65. The van der Waals surface area contributed by atoms with Crippen molar-refractivity contribution >= 4 is 11.8 Å². The Morgan fingerprint density at radius 3 is 2.55 bits per heavy atom. The van der Waals surface area contributed by atoms with Crippen molar-refractivity contribution in [1.82, 2.24) is 9.80 Å². The van der Waals surface area contributed by atoms with Crippen LogP contribution in [0, 0.1) is 11.8 Å². The molecule has 3 rings (SSSR count). The maximum Gasteiger partial charge on any atom is 0.228 e.